The maximum Gasteiger partial charge on any atom is 0.322 e. The third kappa shape index (κ3) is 4.74. The Labute approximate surface area is 108 Å². The molecule has 0 spiro atoms. The highest BCUT2D eigenvalue weighted by Gasteiger charge is 2.11. The Balaban J connectivity index is 2.53. The predicted octanol–water partition coefficient (Wildman–Crippen LogP) is 0.0647. The van der Waals surface area contributed by atoms with E-state index in [0.717, 1.165) is 6.07 Å². The Bertz CT molecular complexity index is 516. The fourth-order valence-electron chi connectivity index (χ4n) is 1.33. The lowest BCUT2D eigenvalue weighted by Gasteiger charge is -2.07. The van der Waals surface area contributed by atoms with E-state index in [2.05, 4.69) is 10.6 Å². The first-order valence-corrected chi connectivity index (χ1v) is 5.43. The van der Waals surface area contributed by atoms with Crippen LogP contribution in [0.3, 0.4) is 0 Å². The van der Waals surface area contributed by atoms with Gasteiger partial charge in [0.2, 0.25) is 5.91 Å². The molecule has 1 rings (SSSR count). The van der Waals surface area contributed by atoms with E-state index >= 15 is 0 Å². The van der Waals surface area contributed by atoms with E-state index in [-0.39, 0.29) is 12.1 Å². The van der Waals surface area contributed by atoms with Crippen molar-refractivity contribution in [3.05, 3.63) is 35.1 Å². The second kappa shape index (κ2) is 6.48. The predicted molar refractivity (Wildman–Crippen MR) is 64.1 cm³/mol. The van der Waals surface area contributed by atoms with E-state index < -0.39 is 30.1 Å². The normalized spacial score (nSPS) is 9.79. The van der Waals surface area contributed by atoms with E-state index in [4.69, 9.17) is 5.11 Å². The van der Waals surface area contributed by atoms with Crippen molar-refractivity contribution in [2.24, 2.45) is 0 Å². The van der Waals surface area contributed by atoms with Gasteiger partial charge in [-0.3, -0.25) is 14.4 Å². The summed E-state index contributed by atoms with van der Waals surface area (Å²) in [5, 5.41) is 12.7. The van der Waals surface area contributed by atoms with Gasteiger partial charge in [-0.15, -0.1) is 0 Å². The highest BCUT2D eigenvalue weighted by molar-refractivity contribution is 5.97. The van der Waals surface area contributed by atoms with Gasteiger partial charge in [0.25, 0.3) is 5.91 Å². The van der Waals surface area contributed by atoms with Crippen LogP contribution in [0.4, 0.5) is 4.39 Å². The third-order valence-electron chi connectivity index (χ3n) is 2.29. The van der Waals surface area contributed by atoms with Gasteiger partial charge < -0.3 is 15.7 Å². The number of aliphatic carboxylic acids is 1. The molecule has 0 bridgehead atoms. The number of aryl methyl sites for hydroxylation is 1. The fraction of sp³-hybridized carbons (Fsp3) is 0.250. The van der Waals surface area contributed by atoms with Crippen molar-refractivity contribution in [1.29, 1.82) is 0 Å². The van der Waals surface area contributed by atoms with Crippen LogP contribution in [0.25, 0.3) is 0 Å². The summed E-state index contributed by atoms with van der Waals surface area (Å²) in [5.41, 5.74) is 0.705. The van der Waals surface area contributed by atoms with Crippen molar-refractivity contribution in [2.75, 3.05) is 13.1 Å². The quantitative estimate of drug-likeness (QED) is 0.704. The lowest BCUT2D eigenvalue weighted by Crippen LogP contribution is -2.39. The summed E-state index contributed by atoms with van der Waals surface area (Å²) >= 11 is 0. The summed E-state index contributed by atoms with van der Waals surface area (Å²) in [7, 11) is 0. The third-order valence-corrected chi connectivity index (χ3v) is 2.29. The number of halogens is 1. The molecule has 0 aliphatic heterocycles. The first-order valence-electron chi connectivity index (χ1n) is 5.43. The molecule has 0 aliphatic carbocycles. The average Bonchev–Trinajstić information content (AvgIpc) is 2.36. The molecule has 3 N–H and O–H groups in total. The maximum absolute atomic E-state index is 13.0. The lowest BCUT2D eigenvalue weighted by molar-refractivity contribution is -0.137. The summed E-state index contributed by atoms with van der Waals surface area (Å²) in [6.45, 7) is 0.745. The van der Waals surface area contributed by atoms with Crippen LogP contribution in [0.5, 0.6) is 0 Å². The number of hydrogen-bond donors (Lipinski definition) is 3. The van der Waals surface area contributed by atoms with Crippen molar-refractivity contribution in [2.45, 2.75) is 6.92 Å². The Hall–Kier alpha value is -2.44. The topological polar surface area (TPSA) is 95.5 Å². The van der Waals surface area contributed by atoms with Crippen molar-refractivity contribution in [1.82, 2.24) is 10.6 Å². The Morgan fingerprint density at radius 3 is 2.53 bits per heavy atom. The average molecular weight is 268 g/mol. The summed E-state index contributed by atoms with van der Waals surface area (Å²) in [6.07, 6.45) is 0. The van der Waals surface area contributed by atoms with E-state index in [9.17, 15) is 18.8 Å². The molecule has 0 atom stereocenters. The zero-order chi connectivity index (χ0) is 14.4. The number of carboxylic acid groups (broad SMARTS) is 1. The minimum Gasteiger partial charge on any atom is -0.480 e. The molecule has 0 unspecified atom stereocenters. The molecular weight excluding hydrogens is 255 g/mol. The van der Waals surface area contributed by atoms with Crippen LogP contribution in [-0.2, 0) is 9.59 Å². The molecule has 0 fully saturated rings. The molecule has 0 saturated carbocycles. The number of amides is 2. The van der Waals surface area contributed by atoms with Crippen LogP contribution < -0.4 is 10.6 Å². The van der Waals surface area contributed by atoms with Gasteiger partial charge in [-0.25, -0.2) is 4.39 Å². The first-order chi connectivity index (χ1) is 8.90. The molecule has 102 valence electrons. The fourth-order valence-corrected chi connectivity index (χ4v) is 1.33. The molecular formula is C12H13FN2O4. The SMILES string of the molecule is Cc1ccc(F)cc1C(=O)NCC(=O)NCC(=O)O. The van der Waals surface area contributed by atoms with Gasteiger partial charge in [-0.05, 0) is 24.6 Å². The highest BCUT2D eigenvalue weighted by Crippen LogP contribution is 2.09. The Morgan fingerprint density at radius 1 is 1.21 bits per heavy atom. The summed E-state index contributed by atoms with van der Waals surface area (Å²) < 4.78 is 13.0. The van der Waals surface area contributed by atoms with Crippen LogP contribution >= 0.6 is 0 Å². The smallest absolute Gasteiger partial charge is 0.322 e. The molecule has 0 aromatic heterocycles. The van der Waals surface area contributed by atoms with Gasteiger partial charge in [0, 0.05) is 5.56 Å². The first kappa shape index (κ1) is 14.6. The Kier molecular flexibility index (Phi) is 4.99. The standard InChI is InChI=1S/C12H13FN2O4/c1-7-2-3-8(13)4-9(7)12(19)15-5-10(16)14-6-11(17)18/h2-4H,5-6H2,1H3,(H,14,16)(H,15,19)(H,17,18). The van der Waals surface area contributed by atoms with Gasteiger partial charge in [-0.2, -0.15) is 0 Å². The number of carbonyl (C=O) groups excluding carboxylic acids is 2. The maximum atomic E-state index is 13.0. The molecule has 2 amide bonds. The van der Waals surface area contributed by atoms with Crippen LogP contribution in [0.15, 0.2) is 18.2 Å². The van der Waals surface area contributed by atoms with Crippen molar-refractivity contribution in [3.8, 4) is 0 Å². The van der Waals surface area contributed by atoms with Crippen LogP contribution in [-0.4, -0.2) is 36.0 Å². The minimum atomic E-state index is -1.18. The number of carboxylic acids is 1. The molecule has 0 aliphatic rings. The van der Waals surface area contributed by atoms with Gasteiger partial charge in [-0.1, -0.05) is 6.07 Å². The molecule has 1 aromatic rings. The largest absolute Gasteiger partial charge is 0.480 e. The van der Waals surface area contributed by atoms with Gasteiger partial charge in [0.1, 0.15) is 12.4 Å². The Morgan fingerprint density at radius 2 is 1.89 bits per heavy atom. The monoisotopic (exact) mass is 268 g/mol. The number of rotatable bonds is 5. The summed E-state index contributed by atoms with van der Waals surface area (Å²) in [6, 6.07) is 3.75. The van der Waals surface area contributed by atoms with Crippen molar-refractivity contribution in [3.63, 3.8) is 0 Å². The number of nitrogens with one attached hydrogen (secondary N) is 2. The van der Waals surface area contributed by atoms with E-state index in [1.165, 1.54) is 12.1 Å². The molecule has 0 saturated heterocycles. The molecule has 6 nitrogen and oxygen atoms in total. The molecule has 0 heterocycles. The van der Waals surface area contributed by atoms with Crippen LogP contribution in [0.1, 0.15) is 15.9 Å². The zero-order valence-electron chi connectivity index (χ0n) is 10.2. The molecule has 7 heteroatoms. The number of hydrogen-bond acceptors (Lipinski definition) is 3. The van der Waals surface area contributed by atoms with Crippen LogP contribution in [0.2, 0.25) is 0 Å². The highest BCUT2D eigenvalue weighted by atomic mass is 19.1. The second-order valence-corrected chi connectivity index (χ2v) is 3.81. The van der Waals surface area contributed by atoms with Gasteiger partial charge in [0.15, 0.2) is 0 Å². The van der Waals surface area contributed by atoms with Gasteiger partial charge in [0.05, 0.1) is 6.54 Å². The minimum absolute atomic E-state index is 0.131. The number of benzene rings is 1. The summed E-state index contributed by atoms with van der Waals surface area (Å²) in [5.74, 6) is -2.96. The van der Waals surface area contributed by atoms with Crippen LogP contribution in [0, 0.1) is 12.7 Å². The molecule has 1 aromatic carbocycles. The van der Waals surface area contributed by atoms with E-state index in [0.29, 0.717) is 5.56 Å². The molecule has 19 heavy (non-hydrogen) atoms. The number of carbonyl (C=O) groups is 3. The second-order valence-electron chi connectivity index (χ2n) is 3.81. The van der Waals surface area contributed by atoms with E-state index in [1.54, 1.807) is 6.92 Å². The van der Waals surface area contributed by atoms with E-state index in [1.807, 2.05) is 0 Å². The zero-order valence-corrected chi connectivity index (χ0v) is 10.2. The lowest BCUT2D eigenvalue weighted by atomic mass is 10.1. The summed E-state index contributed by atoms with van der Waals surface area (Å²) in [4.78, 5) is 33.1. The van der Waals surface area contributed by atoms with Crippen molar-refractivity contribution < 1.29 is 23.9 Å². The van der Waals surface area contributed by atoms with Crippen molar-refractivity contribution >= 4 is 17.8 Å². The molecule has 0 radical (unpaired) electrons. The van der Waals surface area contributed by atoms with Gasteiger partial charge >= 0.3 is 5.97 Å².